The molecule has 4 heteroatoms. The van der Waals surface area contributed by atoms with Gasteiger partial charge in [-0.3, -0.25) is 0 Å². The van der Waals surface area contributed by atoms with Crippen LogP contribution in [-0.2, 0) is 0 Å². The Balaban J connectivity index is 0.00000196. The molecule has 0 radical (unpaired) electrons. The molecule has 2 N–H and O–H groups in total. The summed E-state index contributed by atoms with van der Waals surface area (Å²) in [5.74, 6) is 0.0675. The molecule has 0 amide bonds. The summed E-state index contributed by atoms with van der Waals surface area (Å²) < 4.78 is 14.2. The Hall–Kier alpha value is -0.120. The Morgan fingerprint density at radius 3 is 2.53 bits per heavy atom. The Bertz CT molecular complexity index is 319. The van der Waals surface area contributed by atoms with Gasteiger partial charge in [0.05, 0.1) is 0 Å². The molecule has 1 unspecified atom stereocenters. The molecular formula is C11H16BrClFN. The van der Waals surface area contributed by atoms with E-state index in [0.29, 0.717) is 11.5 Å². The summed E-state index contributed by atoms with van der Waals surface area (Å²) >= 11 is 3.22. The van der Waals surface area contributed by atoms with E-state index in [1.54, 1.807) is 6.07 Å². The van der Waals surface area contributed by atoms with Gasteiger partial charge in [0.25, 0.3) is 0 Å². The molecule has 1 aromatic rings. The van der Waals surface area contributed by atoms with E-state index >= 15 is 0 Å². The van der Waals surface area contributed by atoms with Crippen molar-refractivity contribution in [3.8, 4) is 0 Å². The van der Waals surface area contributed by atoms with Gasteiger partial charge < -0.3 is 5.73 Å². The first-order valence-electron chi connectivity index (χ1n) is 4.76. The normalized spacial score (nSPS) is 14.2. The number of benzene rings is 1. The molecule has 1 rings (SSSR count). The zero-order valence-electron chi connectivity index (χ0n) is 8.84. The van der Waals surface area contributed by atoms with Gasteiger partial charge in [0.1, 0.15) is 5.82 Å². The Morgan fingerprint density at radius 1 is 1.47 bits per heavy atom. The molecule has 2 atom stereocenters. The Morgan fingerprint density at radius 2 is 2.07 bits per heavy atom. The SMILES string of the molecule is CCC(C)[C@@H](N)c1ccc(Br)cc1F.Cl. The van der Waals surface area contributed by atoms with Crippen molar-refractivity contribution in [1.82, 2.24) is 0 Å². The molecule has 0 fully saturated rings. The minimum Gasteiger partial charge on any atom is -0.324 e. The molecule has 1 aromatic carbocycles. The van der Waals surface area contributed by atoms with Crippen LogP contribution in [0.1, 0.15) is 31.9 Å². The first-order valence-corrected chi connectivity index (χ1v) is 5.56. The zero-order chi connectivity index (χ0) is 10.7. The Kier molecular flexibility index (Phi) is 6.41. The number of hydrogen-bond acceptors (Lipinski definition) is 1. The number of nitrogens with two attached hydrogens (primary N) is 1. The molecular weight excluding hydrogens is 280 g/mol. The van der Waals surface area contributed by atoms with Crippen molar-refractivity contribution >= 4 is 28.3 Å². The van der Waals surface area contributed by atoms with Crippen molar-refractivity contribution in [2.24, 2.45) is 11.7 Å². The quantitative estimate of drug-likeness (QED) is 0.894. The monoisotopic (exact) mass is 295 g/mol. The summed E-state index contributed by atoms with van der Waals surface area (Å²) in [6.45, 7) is 4.09. The molecule has 86 valence electrons. The van der Waals surface area contributed by atoms with Crippen LogP contribution in [0.25, 0.3) is 0 Å². The molecule has 0 bridgehead atoms. The van der Waals surface area contributed by atoms with Crippen molar-refractivity contribution in [2.75, 3.05) is 0 Å². The van der Waals surface area contributed by atoms with Gasteiger partial charge in [0, 0.05) is 16.1 Å². The lowest BCUT2D eigenvalue weighted by Crippen LogP contribution is -2.19. The second kappa shape index (κ2) is 6.46. The number of hydrogen-bond donors (Lipinski definition) is 1. The van der Waals surface area contributed by atoms with Crippen molar-refractivity contribution in [1.29, 1.82) is 0 Å². The van der Waals surface area contributed by atoms with Gasteiger partial charge in [-0.15, -0.1) is 12.4 Å². The summed E-state index contributed by atoms with van der Waals surface area (Å²) in [6, 6.07) is 4.81. The van der Waals surface area contributed by atoms with Crippen LogP contribution in [0.4, 0.5) is 4.39 Å². The lowest BCUT2D eigenvalue weighted by atomic mass is 9.93. The molecule has 1 nitrogen and oxygen atoms in total. The Labute approximate surface area is 105 Å². The van der Waals surface area contributed by atoms with E-state index in [2.05, 4.69) is 22.9 Å². The van der Waals surface area contributed by atoms with Crippen LogP contribution < -0.4 is 5.73 Å². The van der Waals surface area contributed by atoms with Crippen molar-refractivity contribution in [2.45, 2.75) is 26.3 Å². The van der Waals surface area contributed by atoms with Gasteiger partial charge in [0.2, 0.25) is 0 Å². The fourth-order valence-electron chi connectivity index (χ4n) is 1.33. The van der Waals surface area contributed by atoms with E-state index < -0.39 is 0 Å². The van der Waals surface area contributed by atoms with E-state index in [1.165, 1.54) is 6.07 Å². The minimum absolute atomic E-state index is 0. The fourth-order valence-corrected chi connectivity index (χ4v) is 1.67. The predicted molar refractivity (Wildman–Crippen MR) is 67.7 cm³/mol. The summed E-state index contributed by atoms with van der Waals surface area (Å²) in [7, 11) is 0. The van der Waals surface area contributed by atoms with Crippen molar-refractivity contribution < 1.29 is 4.39 Å². The third kappa shape index (κ3) is 3.74. The number of rotatable bonds is 3. The highest BCUT2D eigenvalue weighted by Gasteiger charge is 2.16. The maximum atomic E-state index is 13.5. The second-order valence-electron chi connectivity index (χ2n) is 3.58. The van der Waals surface area contributed by atoms with E-state index in [-0.39, 0.29) is 24.3 Å². The van der Waals surface area contributed by atoms with E-state index in [4.69, 9.17) is 5.73 Å². The highest BCUT2D eigenvalue weighted by molar-refractivity contribution is 9.10. The molecule has 0 aliphatic heterocycles. The van der Waals surface area contributed by atoms with Gasteiger partial charge in [-0.1, -0.05) is 42.3 Å². The van der Waals surface area contributed by atoms with Gasteiger partial charge in [-0.05, 0) is 18.1 Å². The largest absolute Gasteiger partial charge is 0.324 e. The van der Waals surface area contributed by atoms with E-state index in [0.717, 1.165) is 10.9 Å². The van der Waals surface area contributed by atoms with E-state index in [1.807, 2.05) is 13.0 Å². The average molecular weight is 297 g/mol. The van der Waals surface area contributed by atoms with Crippen LogP contribution in [0, 0.1) is 11.7 Å². The molecule has 0 aliphatic rings. The smallest absolute Gasteiger partial charge is 0.129 e. The molecule has 0 spiro atoms. The van der Waals surface area contributed by atoms with Gasteiger partial charge in [-0.25, -0.2) is 4.39 Å². The summed E-state index contributed by atoms with van der Waals surface area (Å²) in [5, 5.41) is 0. The highest BCUT2D eigenvalue weighted by atomic mass is 79.9. The fraction of sp³-hybridized carbons (Fsp3) is 0.455. The predicted octanol–water partition coefficient (Wildman–Crippen LogP) is 4.06. The first kappa shape index (κ1) is 14.9. The topological polar surface area (TPSA) is 26.0 Å². The van der Waals surface area contributed by atoms with Crippen LogP contribution >= 0.6 is 28.3 Å². The van der Waals surface area contributed by atoms with Crippen molar-refractivity contribution in [3.63, 3.8) is 0 Å². The van der Waals surface area contributed by atoms with Gasteiger partial charge >= 0.3 is 0 Å². The maximum absolute atomic E-state index is 13.5. The third-order valence-corrected chi connectivity index (χ3v) is 3.07. The van der Waals surface area contributed by atoms with Crippen LogP contribution in [0.2, 0.25) is 0 Å². The molecule has 0 saturated carbocycles. The van der Waals surface area contributed by atoms with Crippen molar-refractivity contribution in [3.05, 3.63) is 34.1 Å². The number of halogens is 3. The standard InChI is InChI=1S/C11H15BrFN.ClH/c1-3-7(2)11(14)9-5-4-8(12)6-10(9)13;/h4-7,11H,3,14H2,1-2H3;1H/t7?,11-;/m1./s1. The highest BCUT2D eigenvalue weighted by Crippen LogP contribution is 2.25. The van der Waals surface area contributed by atoms with Gasteiger partial charge in [-0.2, -0.15) is 0 Å². The second-order valence-corrected chi connectivity index (χ2v) is 4.49. The van der Waals surface area contributed by atoms with Crippen LogP contribution in [0.15, 0.2) is 22.7 Å². The van der Waals surface area contributed by atoms with Crippen LogP contribution in [0.5, 0.6) is 0 Å². The summed E-state index contributed by atoms with van der Waals surface area (Å²) in [6.07, 6.45) is 0.955. The zero-order valence-corrected chi connectivity index (χ0v) is 11.2. The van der Waals surface area contributed by atoms with E-state index in [9.17, 15) is 4.39 Å². The maximum Gasteiger partial charge on any atom is 0.129 e. The molecule has 15 heavy (non-hydrogen) atoms. The average Bonchev–Trinajstić information content (AvgIpc) is 2.15. The molecule has 0 aliphatic carbocycles. The third-order valence-electron chi connectivity index (χ3n) is 2.58. The molecule has 0 saturated heterocycles. The van der Waals surface area contributed by atoms with Crippen LogP contribution in [0.3, 0.4) is 0 Å². The van der Waals surface area contributed by atoms with Gasteiger partial charge in [0.15, 0.2) is 0 Å². The summed E-state index contributed by atoms with van der Waals surface area (Å²) in [4.78, 5) is 0. The minimum atomic E-state index is -0.229. The lowest BCUT2D eigenvalue weighted by Gasteiger charge is -2.19. The van der Waals surface area contributed by atoms with Crippen LogP contribution in [-0.4, -0.2) is 0 Å². The summed E-state index contributed by atoms with van der Waals surface area (Å²) in [5.41, 5.74) is 6.54. The molecule has 0 heterocycles. The first-order chi connectivity index (χ1) is 6.56. The lowest BCUT2D eigenvalue weighted by molar-refractivity contribution is 0.439. The molecule has 0 aromatic heterocycles.